The maximum atomic E-state index is 11.9. The van der Waals surface area contributed by atoms with Crippen molar-refractivity contribution in [3.63, 3.8) is 0 Å². The van der Waals surface area contributed by atoms with Crippen molar-refractivity contribution in [3.05, 3.63) is 0 Å². The first-order valence-corrected chi connectivity index (χ1v) is 26.9. The average Bonchev–Trinajstić information content (AvgIpc) is 3.57. The van der Waals surface area contributed by atoms with E-state index in [4.69, 9.17) is 66.3 Å². The van der Waals surface area contributed by atoms with Gasteiger partial charge in [0.25, 0.3) is 0 Å². The van der Waals surface area contributed by atoms with E-state index < -0.39 is 269 Å². The summed E-state index contributed by atoms with van der Waals surface area (Å²) in [5, 5.41) is 221. The zero-order valence-electron chi connectivity index (χ0n) is 42.0. The average molecular weight is 1240 g/mol. The van der Waals surface area contributed by atoms with Gasteiger partial charge in [0.15, 0.2) is 44.0 Å². The number of phosphoric ester groups is 1. The summed E-state index contributed by atoms with van der Waals surface area (Å²) in [6.07, 6.45) is -73.2. The van der Waals surface area contributed by atoms with Gasteiger partial charge in [-0.25, -0.2) is 4.57 Å². The van der Waals surface area contributed by atoms with Gasteiger partial charge in [0, 0.05) is 0 Å². The summed E-state index contributed by atoms with van der Waals surface area (Å²) in [5.41, 5.74) is 0. The molecule has 0 unspecified atom stereocenters. The molecule has 21 saturated heterocycles. The molecule has 0 spiro atoms. The Morgan fingerprint density at radius 1 is 0.256 bits per heavy atom. The summed E-state index contributed by atoms with van der Waals surface area (Å²) in [5.74, 6) is 0. The predicted molar refractivity (Wildman–Crippen MR) is 246 cm³/mol. The Labute approximate surface area is 484 Å². The van der Waals surface area contributed by atoms with Crippen molar-refractivity contribution in [1.29, 1.82) is 0 Å². The summed E-state index contributed by atoms with van der Waals surface area (Å²) >= 11 is 0. The van der Waals surface area contributed by atoms with Crippen LogP contribution in [0.25, 0.3) is 0 Å². The molecule has 14 bridgehead atoms. The number of hydrogen-bond donors (Lipinski definition) is 22. The number of rotatable bonds is 9. The van der Waals surface area contributed by atoms with E-state index in [-0.39, 0.29) is 29.6 Å². The first-order valence-electron chi connectivity index (χ1n) is 25.4. The predicted octanol–water partition coefficient (Wildman–Crippen LogP) is -15.8. The van der Waals surface area contributed by atoms with E-state index in [9.17, 15) is 116 Å². The third kappa shape index (κ3) is 14.3. The topological polar surface area (TPSA) is 601 Å². The van der Waals surface area contributed by atoms with Crippen LogP contribution in [0, 0.1) is 0 Å². The molecule has 474 valence electrons. The Morgan fingerprint density at radius 3 is 0.549 bits per heavy atom. The van der Waals surface area contributed by atoms with Gasteiger partial charge in [-0.05, 0) is 0 Å². The Balaban J connectivity index is 0.00000968. The molecule has 0 saturated carbocycles. The Bertz CT molecular complexity index is 2010. The van der Waals surface area contributed by atoms with Crippen LogP contribution in [-0.4, -0.2) is 403 Å². The van der Waals surface area contributed by atoms with E-state index in [2.05, 4.69) is 4.52 Å². The van der Waals surface area contributed by atoms with E-state index in [0.29, 0.717) is 0 Å². The van der Waals surface area contributed by atoms with Gasteiger partial charge in [0.2, 0.25) is 0 Å². The van der Waals surface area contributed by atoms with Crippen molar-refractivity contribution in [3.8, 4) is 0 Å². The number of aliphatic hydroxyl groups is 20. The molecule has 38 nitrogen and oxygen atoms in total. The van der Waals surface area contributed by atoms with Crippen LogP contribution in [-0.2, 0) is 75.4 Å². The molecule has 21 fully saturated rings. The van der Waals surface area contributed by atoms with Crippen molar-refractivity contribution in [2.24, 2.45) is 0 Å². The van der Waals surface area contributed by atoms with Crippen LogP contribution >= 0.6 is 7.82 Å². The van der Waals surface area contributed by atoms with Gasteiger partial charge in [-0.15, -0.1) is 0 Å². The monoisotopic (exact) mass is 1240 g/mol. The first kappa shape index (κ1) is 69.2. The molecule has 22 N–H and O–H groups in total. The van der Waals surface area contributed by atoms with Crippen LogP contribution in [0.5, 0.6) is 0 Å². The fourth-order valence-corrected chi connectivity index (χ4v) is 10.9. The van der Waals surface area contributed by atoms with E-state index in [0.717, 1.165) is 0 Å². The van der Waals surface area contributed by atoms with Crippen molar-refractivity contribution in [2.45, 2.75) is 215 Å². The van der Waals surface area contributed by atoms with Gasteiger partial charge in [-0.2, -0.15) is 0 Å². The molecule has 0 aromatic rings. The summed E-state index contributed by atoms with van der Waals surface area (Å²) < 4.78 is 95.8. The second-order valence-electron chi connectivity index (χ2n) is 20.3. The zero-order valence-corrected chi connectivity index (χ0v) is 42.9. The molecule has 40 heteroatoms. The Morgan fingerprint density at radius 2 is 0.402 bits per heavy atom. The number of phosphoric acid groups is 1. The molecule has 21 aliphatic heterocycles. The van der Waals surface area contributed by atoms with Crippen LogP contribution in [0.2, 0.25) is 0 Å². The second-order valence-corrected chi connectivity index (χ2v) is 21.5. The second kappa shape index (κ2) is 29.1. The number of aliphatic hydroxyl groups excluding tert-OH is 20. The quantitative estimate of drug-likeness (QED) is 0.0753. The van der Waals surface area contributed by atoms with Crippen molar-refractivity contribution >= 4 is 37.4 Å². The van der Waals surface area contributed by atoms with Crippen LogP contribution < -0.4 is 0 Å². The van der Waals surface area contributed by atoms with Gasteiger partial charge in [0.1, 0.15) is 171 Å². The summed E-state index contributed by atoms with van der Waals surface area (Å²) in [7, 11) is -5.43. The SMILES string of the molecule is O=P(O)(O)OC[C@H]1O[C@@H]2O[C@H]3[C@H](O)[C@@H](O)[C@@H](O[C@H]4[C@H](O)[C@@H](O)[C@@H](O[C@H]5[C@H](O)[C@@H](O)[C@@H](O[C@H]6[C@H](O)[C@@H](O)[C@@H](O[C@H]7[C@H](O)[C@@H](O)[C@@H](O[C@H]8[C@H](O)[C@@H](O)[C@@H](O[C@H]1[C@H](O)[C@H]2O)O[C@@H]8CO)O[C@@H]7CO)O[C@@H]6CO)O[C@@H]5CO)O[C@@H]4CO)O[C@@H]3CO.[NaH]. The zero-order chi connectivity index (χ0) is 59.3. The van der Waals surface area contributed by atoms with Crippen molar-refractivity contribution in [1.82, 2.24) is 0 Å². The molecule has 21 rings (SSSR count). The van der Waals surface area contributed by atoms with Gasteiger partial charge in [-0.1, -0.05) is 0 Å². The molecule has 0 amide bonds. The van der Waals surface area contributed by atoms with E-state index in [1.807, 2.05) is 0 Å². The van der Waals surface area contributed by atoms with Crippen molar-refractivity contribution in [2.75, 3.05) is 46.2 Å². The minimum absolute atomic E-state index is 0. The van der Waals surface area contributed by atoms with Crippen molar-refractivity contribution < 1.29 is 187 Å². The fraction of sp³-hybridized carbons (Fsp3) is 1.00. The molecule has 82 heavy (non-hydrogen) atoms. The molecule has 35 atom stereocenters. The van der Waals surface area contributed by atoms with E-state index in [1.165, 1.54) is 0 Å². The third-order valence-electron chi connectivity index (χ3n) is 15.0. The molecule has 0 aromatic carbocycles. The number of ether oxygens (including phenoxy) is 14. The van der Waals surface area contributed by atoms with E-state index in [1.54, 1.807) is 0 Å². The first-order chi connectivity index (χ1) is 38.3. The molecule has 0 aliphatic carbocycles. The summed E-state index contributed by atoms with van der Waals surface area (Å²) in [4.78, 5) is 19.1. The van der Waals surface area contributed by atoms with Gasteiger partial charge in [0.05, 0.1) is 46.2 Å². The molecule has 0 radical (unpaired) electrons. The third-order valence-corrected chi connectivity index (χ3v) is 15.5. The van der Waals surface area contributed by atoms with Crippen LogP contribution in [0.3, 0.4) is 0 Å². The van der Waals surface area contributed by atoms with Gasteiger partial charge < -0.3 is 178 Å². The van der Waals surface area contributed by atoms with Gasteiger partial charge in [-0.3, -0.25) is 4.52 Å². The normalized spacial score (nSPS) is 52.8. The van der Waals surface area contributed by atoms with Crippen LogP contribution in [0.4, 0.5) is 0 Å². The number of hydrogen-bond acceptors (Lipinski definition) is 36. The minimum atomic E-state index is -5.43. The standard InChI is InChI=1S/C42H71O38P.Na.H/c43-1-8-29-16(50)23(57)37(68-8)76-31-10(3-45)70-39(25(59)18(31)52)78-33-12(5-47)72-41(27(61)20(33)54)80-35-14(7-66-81(63,64)65)73-42(28(62)21(35)55)79-34-13(6-48)71-40(26(60)19(34)53)77-32-11(4-46)69-38(24(58)17(32)51)75-30-9(2-44)67-36(74-29)22(56)15(30)49;;/h8-62H,1-7H2,(H2,63,64,65);;/t8-,9-,10-,11-,12-,13-,14-,15-,16-,17-,18-,19-,20-,21-,22-,23-,24-,25-,26-,27-,28-,29-,30-,31-,32-,33-,34-,35-,36-,37-,38-,39-,40-,41-,42-;;/m1../s1. The molecule has 21 heterocycles. The summed E-state index contributed by atoms with van der Waals surface area (Å²) in [6.45, 7) is -7.83. The Kier molecular flexibility index (Phi) is 24.6. The Hall–Kier alpha value is -0.250. The van der Waals surface area contributed by atoms with Crippen LogP contribution in [0.1, 0.15) is 0 Å². The summed E-state index contributed by atoms with van der Waals surface area (Å²) in [6, 6.07) is 0. The van der Waals surface area contributed by atoms with Crippen LogP contribution in [0.15, 0.2) is 0 Å². The fourth-order valence-electron chi connectivity index (χ4n) is 10.6. The maximum absolute atomic E-state index is 11.9. The molecular weight excluding hydrogens is 1170 g/mol. The van der Waals surface area contributed by atoms with Gasteiger partial charge >= 0.3 is 37.4 Å². The molecule has 21 aliphatic rings. The van der Waals surface area contributed by atoms with E-state index >= 15 is 0 Å². The molecule has 0 aromatic heterocycles. The molecular formula is C42H72NaO38P.